The monoisotopic (exact) mass is 914 g/mol. The highest BCUT2D eigenvalue weighted by atomic mass is 15.0. The molecule has 0 atom stereocenters. The zero-order valence-corrected chi connectivity index (χ0v) is 39.0. The van der Waals surface area contributed by atoms with Gasteiger partial charge in [0, 0.05) is 32.7 Å². The number of fused-ring (bicyclic) bond motifs is 6. The molecule has 0 aliphatic rings. The van der Waals surface area contributed by atoms with E-state index in [2.05, 4.69) is 252 Å². The fourth-order valence-corrected chi connectivity index (χ4v) is 10.7. The molecule has 4 heteroatoms. The summed E-state index contributed by atoms with van der Waals surface area (Å²) in [5.74, 6) is 0. The van der Waals surface area contributed by atoms with Crippen LogP contribution < -0.4 is 0 Å². The van der Waals surface area contributed by atoms with Gasteiger partial charge in [0.25, 0.3) is 0 Å². The first-order valence-corrected chi connectivity index (χ1v) is 24.2. The zero-order valence-electron chi connectivity index (χ0n) is 39.0. The van der Waals surface area contributed by atoms with Gasteiger partial charge in [0.2, 0.25) is 0 Å². The van der Waals surface area contributed by atoms with Crippen molar-refractivity contribution in [3.63, 3.8) is 0 Å². The van der Waals surface area contributed by atoms with Crippen molar-refractivity contribution >= 4 is 43.6 Å². The Balaban J connectivity index is 1.16. The molecule has 4 nitrogen and oxygen atoms in total. The van der Waals surface area contributed by atoms with E-state index in [0.29, 0.717) is 11.1 Å². The first-order valence-electron chi connectivity index (χ1n) is 24.2. The second kappa shape index (κ2) is 17.5. The van der Waals surface area contributed by atoms with E-state index in [1.54, 1.807) is 0 Å². The van der Waals surface area contributed by atoms with Crippen LogP contribution in [-0.4, -0.2) is 9.13 Å². The predicted octanol–water partition coefficient (Wildman–Crippen LogP) is 17.6. The molecule has 2 aromatic heterocycles. The molecule has 0 spiro atoms. The van der Waals surface area contributed by atoms with E-state index < -0.39 is 0 Å². The van der Waals surface area contributed by atoms with Gasteiger partial charge < -0.3 is 9.13 Å². The van der Waals surface area contributed by atoms with Crippen molar-refractivity contribution in [2.24, 2.45) is 0 Å². The molecule has 13 rings (SSSR count). The fourth-order valence-electron chi connectivity index (χ4n) is 10.7. The minimum atomic E-state index is 0.595. The molecule has 0 aliphatic carbocycles. The van der Waals surface area contributed by atoms with Crippen molar-refractivity contribution in [2.75, 3.05) is 0 Å². The number of aromatic nitrogens is 2. The minimum absolute atomic E-state index is 0.595. The van der Waals surface area contributed by atoms with E-state index in [9.17, 15) is 10.5 Å². The minimum Gasteiger partial charge on any atom is -0.309 e. The van der Waals surface area contributed by atoms with Gasteiger partial charge in [-0.05, 0) is 141 Å². The summed E-state index contributed by atoms with van der Waals surface area (Å²) in [6.45, 7) is 0. The second-order valence-corrected chi connectivity index (χ2v) is 18.3. The van der Waals surface area contributed by atoms with Crippen LogP contribution in [0.15, 0.2) is 255 Å². The van der Waals surface area contributed by atoms with Crippen LogP contribution >= 0.6 is 0 Å². The van der Waals surface area contributed by atoms with E-state index in [1.807, 2.05) is 24.3 Å². The van der Waals surface area contributed by atoms with Crippen LogP contribution in [0.5, 0.6) is 0 Å². The Morgan fingerprint density at radius 2 is 0.500 bits per heavy atom. The van der Waals surface area contributed by atoms with Crippen LogP contribution in [0.4, 0.5) is 0 Å². The number of nitriles is 2. The molecule has 0 saturated heterocycles. The molecular weight excluding hydrogens is 873 g/mol. The van der Waals surface area contributed by atoms with Gasteiger partial charge in [-0.2, -0.15) is 10.5 Å². The summed E-state index contributed by atoms with van der Waals surface area (Å²) >= 11 is 0. The Hall–Kier alpha value is -10.0. The first-order chi connectivity index (χ1) is 35.6. The van der Waals surface area contributed by atoms with E-state index >= 15 is 0 Å². The van der Waals surface area contributed by atoms with Crippen LogP contribution in [0, 0.1) is 22.7 Å². The summed E-state index contributed by atoms with van der Waals surface area (Å²) in [4.78, 5) is 0. The van der Waals surface area contributed by atoms with E-state index in [1.165, 1.54) is 0 Å². The Bertz CT molecular complexity index is 3820. The predicted molar refractivity (Wildman–Crippen MR) is 297 cm³/mol. The lowest BCUT2D eigenvalue weighted by atomic mass is 9.94. The number of rotatable bonds is 8. The number of hydrogen-bond donors (Lipinski definition) is 0. The van der Waals surface area contributed by atoms with E-state index in [4.69, 9.17) is 0 Å². The van der Waals surface area contributed by atoms with E-state index in [0.717, 1.165) is 122 Å². The number of hydrogen-bond acceptors (Lipinski definition) is 2. The second-order valence-electron chi connectivity index (χ2n) is 18.3. The van der Waals surface area contributed by atoms with Gasteiger partial charge in [-0.25, -0.2) is 0 Å². The molecule has 0 bridgehead atoms. The SMILES string of the molecule is N#Cc1ccc(-c2cc(-c3ccc(C#N)cc3)c(-n3c4ccc(-c5ccccc5)cc4c4cc(-c5ccccc5)ccc43)cc2-n2c3ccc(-c4ccccc4)cc3c3cc(-c4ccccc4)ccc32)cc1. The molecule has 11 aromatic carbocycles. The van der Waals surface area contributed by atoms with Crippen molar-refractivity contribution in [1.29, 1.82) is 10.5 Å². The third kappa shape index (κ3) is 7.23. The highest BCUT2D eigenvalue weighted by Gasteiger charge is 2.24. The lowest BCUT2D eigenvalue weighted by molar-refractivity contribution is 1.14. The Kier molecular flexibility index (Phi) is 10.2. The summed E-state index contributed by atoms with van der Waals surface area (Å²) in [5.41, 5.74) is 20.6. The van der Waals surface area contributed by atoms with Gasteiger partial charge in [0.1, 0.15) is 0 Å². The maximum Gasteiger partial charge on any atom is 0.0991 e. The Labute approximate surface area is 417 Å². The molecule has 0 unspecified atom stereocenters. The van der Waals surface area contributed by atoms with Gasteiger partial charge >= 0.3 is 0 Å². The van der Waals surface area contributed by atoms with Gasteiger partial charge in [0.05, 0.1) is 56.7 Å². The Morgan fingerprint density at radius 3 is 0.764 bits per heavy atom. The van der Waals surface area contributed by atoms with Crippen LogP contribution in [-0.2, 0) is 0 Å². The maximum atomic E-state index is 9.98. The lowest BCUT2D eigenvalue weighted by Gasteiger charge is -2.21. The molecule has 0 radical (unpaired) electrons. The maximum absolute atomic E-state index is 9.98. The van der Waals surface area contributed by atoms with Gasteiger partial charge in [-0.3, -0.25) is 0 Å². The van der Waals surface area contributed by atoms with Crippen LogP contribution in [0.1, 0.15) is 11.1 Å². The van der Waals surface area contributed by atoms with Gasteiger partial charge in [-0.1, -0.05) is 170 Å². The molecule has 0 N–H and O–H groups in total. The molecule has 0 amide bonds. The van der Waals surface area contributed by atoms with Crippen molar-refractivity contribution in [2.45, 2.75) is 0 Å². The molecule has 334 valence electrons. The standard InChI is InChI=1S/C68H42N4/c69-43-45-21-25-51(26-22-45)57-41-58(52-27-23-46(44-70)24-28-52)68(72-65-35-31-55(49-17-9-3-10-18-49)39-61(65)62-40-56(32-36-66(62)72)50-19-11-4-12-20-50)42-67(57)71-63-33-29-53(47-13-5-1-6-14-47)37-59(63)60-38-54(30-34-64(60)71)48-15-7-2-8-16-48/h1-42H. The third-order valence-corrected chi connectivity index (χ3v) is 14.2. The van der Waals surface area contributed by atoms with Gasteiger partial charge in [0.15, 0.2) is 0 Å². The largest absolute Gasteiger partial charge is 0.309 e. The summed E-state index contributed by atoms with van der Waals surface area (Å²) in [6, 6.07) is 95.0. The van der Waals surface area contributed by atoms with Crippen molar-refractivity contribution in [3.05, 3.63) is 266 Å². The summed E-state index contributed by atoms with van der Waals surface area (Å²) in [5, 5.41) is 24.5. The summed E-state index contributed by atoms with van der Waals surface area (Å²) < 4.78 is 4.87. The molecule has 2 heterocycles. The molecule has 13 aromatic rings. The quantitative estimate of drug-likeness (QED) is 0.152. The van der Waals surface area contributed by atoms with Crippen molar-refractivity contribution in [3.8, 4) is 90.3 Å². The smallest absolute Gasteiger partial charge is 0.0991 e. The van der Waals surface area contributed by atoms with Crippen molar-refractivity contribution < 1.29 is 0 Å². The third-order valence-electron chi connectivity index (χ3n) is 14.2. The normalized spacial score (nSPS) is 11.3. The van der Waals surface area contributed by atoms with Crippen molar-refractivity contribution in [1.82, 2.24) is 9.13 Å². The average molecular weight is 915 g/mol. The average Bonchev–Trinajstić information content (AvgIpc) is 3.97. The molecule has 0 saturated carbocycles. The highest BCUT2D eigenvalue weighted by molar-refractivity contribution is 6.14. The Morgan fingerprint density at radius 1 is 0.236 bits per heavy atom. The van der Waals surface area contributed by atoms with Crippen LogP contribution in [0.2, 0.25) is 0 Å². The van der Waals surface area contributed by atoms with Crippen LogP contribution in [0.25, 0.3) is 122 Å². The first kappa shape index (κ1) is 42.1. The lowest BCUT2D eigenvalue weighted by Crippen LogP contribution is -2.04. The highest BCUT2D eigenvalue weighted by Crippen LogP contribution is 2.46. The summed E-state index contributed by atoms with van der Waals surface area (Å²) in [7, 11) is 0. The molecular formula is C68H42N4. The molecule has 72 heavy (non-hydrogen) atoms. The topological polar surface area (TPSA) is 57.4 Å². The molecule has 0 fully saturated rings. The number of nitrogens with zero attached hydrogens (tertiary/aromatic N) is 4. The molecule has 0 aliphatic heterocycles. The van der Waals surface area contributed by atoms with Gasteiger partial charge in [-0.15, -0.1) is 0 Å². The number of benzene rings is 11. The fraction of sp³-hybridized carbons (Fsp3) is 0. The van der Waals surface area contributed by atoms with Crippen LogP contribution in [0.3, 0.4) is 0 Å². The summed E-state index contributed by atoms with van der Waals surface area (Å²) in [6.07, 6.45) is 0. The zero-order chi connectivity index (χ0) is 48.1. The van der Waals surface area contributed by atoms with E-state index in [-0.39, 0.29) is 0 Å².